The standard InChI is InChI=1S/C14H12BrFN2O2/c1-2-20-12-6-5-9(8-11(12)16)18-14(19)10-4-3-7-17-13(10)15/h3-8H,2H2,1H3,(H,18,19). The molecule has 1 heterocycles. The molecule has 0 spiro atoms. The van der Waals surface area contributed by atoms with Gasteiger partial charge in [0.1, 0.15) is 4.60 Å². The maximum Gasteiger partial charge on any atom is 0.258 e. The molecule has 0 radical (unpaired) electrons. The van der Waals surface area contributed by atoms with Crippen LogP contribution in [0.3, 0.4) is 0 Å². The van der Waals surface area contributed by atoms with Crippen LogP contribution in [0.1, 0.15) is 17.3 Å². The molecule has 0 aliphatic carbocycles. The Morgan fingerprint density at radius 3 is 2.90 bits per heavy atom. The van der Waals surface area contributed by atoms with Crippen molar-refractivity contribution in [1.82, 2.24) is 4.98 Å². The molecule has 0 fully saturated rings. The number of nitrogens with zero attached hydrogens (tertiary/aromatic N) is 1. The third kappa shape index (κ3) is 3.33. The highest BCUT2D eigenvalue weighted by Crippen LogP contribution is 2.22. The molecule has 2 aromatic rings. The molecule has 1 aromatic carbocycles. The maximum absolute atomic E-state index is 13.7. The van der Waals surface area contributed by atoms with Crippen molar-refractivity contribution in [2.45, 2.75) is 6.92 Å². The monoisotopic (exact) mass is 338 g/mol. The van der Waals surface area contributed by atoms with E-state index in [2.05, 4.69) is 26.2 Å². The Kier molecular flexibility index (Phi) is 4.68. The molecular formula is C14H12BrFN2O2. The zero-order chi connectivity index (χ0) is 14.5. The first kappa shape index (κ1) is 14.5. The third-order valence-corrected chi connectivity index (χ3v) is 3.13. The summed E-state index contributed by atoms with van der Waals surface area (Å²) < 4.78 is 19.2. The topological polar surface area (TPSA) is 51.2 Å². The van der Waals surface area contributed by atoms with E-state index in [9.17, 15) is 9.18 Å². The highest BCUT2D eigenvalue weighted by molar-refractivity contribution is 9.10. The predicted octanol–water partition coefficient (Wildman–Crippen LogP) is 3.63. The number of nitrogens with one attached hydrogen (secondary N) is 1. The van der Waals surface area contributed by atoms with E-state index in [0.29, 0.717) is 22.5 Å². The van der Waals surface area contributed by atoms with Gasteiger partial charge in [-0.3, -0.25) is 4.79 Å². The molecule has 1 N–H and O–H groups in total. The highest BCUT2D eigenvalue weighted by Gasteiger charge is 2.12. The van der Waals surface area contributed by atoms with E-state index in [1.54, 1.807) is 31.3 Å². The van der Waals surface area contributed by atoms with Crippen LogP contribution in [0.15, 0.2) is 41.1 Å². The van der Waals surface area contributed by atoms with E-state index in [4.69, 9.17) is 4.74 Å². The molecule has 0 atom stereocenters. The molecule has 1 amide bonds. The Morgan fingerprint density at radius 1 is 1.45 bits per heavy atom. The Hall–Kier alpha value is -1.95. The van der Waals surface area contributed by atoms with Crippen LogP contribution >= 0.6 is 15.9 Å². The van der Waals surface area contributed by atoms with Gasteiger partial charge in [-0.05, 0) is 47.1 Å². The lowest BCUT2D eigenvalue weighted by Crippen LogP contribution is -2.13. The van der Waals surface area contributed by atoms with Gasteiger partial charge in [0.25, 0.3) is 5.91 Å². The summed E-state index contributed by atoms with van der Waals surface area (Å²) in [7, 11) is 0. The average Bonchev–Trinajstić information content (AvgIpc) is 2.42. The number of carbonyl (C=O) groups is 1. The van der Waals surface area contributed by atoms with Gasteiger partial charge in [0.05, 0.1) is 12.2 Å². The Morgan fingerprint density at radius 2 is 2.25 bits per heavy atom. The molecule has 0 saturated heterocycles. The zero-order valence-electron chi connectivity index (χ0n) is 10.7. The molecule has 20 heavy (non-hydrogen) atoms. The van der Waals surface area contributed by atoms with Crippen molar-refractivity contribution in [2.75, 3.05) is 11.9 Å². The molecule has 2 rings (SSSR count). The number of ether oxygens (including phenoxy) is 1. The van der Waals surface area contributed by atoms with E-state index in [1.807, 2.05) is 0 Å². The first-order valence-corrected chi connectivity index (χ1v) is 6.75. The summed E-state index contributed by atoms with van der Waals surface area (Å²) in [6.45, 7) is 2.15. The van der Waals surface area contributed by atoms with Gasteiger partial charge in [-0.1, -0.05) is 0 Å². The fraction of sp³-hybridized carbons (Fsp3) is 0.143. The Labute approximate surface area is 124 Å². The second kappa shape index (κ2) is 6.47. The van der Waals surface area contributed by atoms with Gasteiger partial charge in [0.15, 0.2) is 11.6 Å². The number of carbonyl (C=O) groups excluding carboxylic acids is 1. The van der Waals surface area contributed by atoms with Crippen molar-refractivity contribution in [3.05, 3.63) is 52.5 Å². The number of hydrogen-bond acceptors (Lipinski definition) is 3. The summed E-state index contributed by atoms with van der Waals surface area (Å²) in [6.07, 6.45) is 1.57. The number of halogens is 2. The van der Waals surface area contributed by atoms with E-state index < -0.39 is 5.82 Å². The van der Waals surface area contributed by atoms with Gasteiger partial charge < -0.3 is 10.1 Å². The molecule has 0 aliphatic rings. The Balaban J connectivity index is 2.16. The van der Waals surface area contributed by atoms with Crippen LogP contribution in [-0.2, 0) is 0 Å². The second-order valence-electron chi connectivity index (χ2n) is 3.87. The smallest absolute Gasteiger partial charge is 0.258 e. The molecule has 0 saturated carbocycles. The van der Waals surface area contributed by atoms with Crippen molar-refractivity contribution >= 4 is 27.5 Å². The van der Waals surface area contributed by atoms with Crippen LogP contribution in [0, 0.1) is 5.82 Å². The average molecular weight is 339 g/mol. The molecular weight excluding hydrogens is 327 g/mol. The molecule has 6 heteroatoms. The predicted molar refractivity (Wildman–Crippen MR) is 77.5 cm³/mol. The third-order valence-electron chi connectivity index (χ3n) is 2.49. The van der Waals surface area contributed by atoms with Crippen LogP contribution in [-0.4, -0.2) is 17.5 Å². The van der Waals surface area contributed by atoms with Crippen LogP contribution in [0.4, 0.5) is 10.1 Å². The maximum atomic E-state index is 13.7. The number of hydrogen-bond donors (Lipinski definition) is 1. The summed E-state index contributed by atoms with van der Waals surface area (Å²) in [5.74, 6) is -0.725. The van der Waals surface area contributed by atoms with Crippen LogP contribution in [0.2, 0.25) is 0 Å². The van der Waals surface area contributed by atoms with Gasteiger partial charge in [-0.15, -0.1) is 0 Å². The zero-order valence-corrected chi connectivity index (χ0v) is 12.3. The van der Waals surface area contributed by atoms with Gasteiger partial charge >= 0.3 is 0 Å². The van der Waals surface area contributed by atoms with Crippen molar-refractivity contribution in [3.63, 3.8) is 0 Å². The molecule has 0 unspecified atom stereocenters. The molecule has 0 bridgehead atoms. The molecule has 104 valence electrons. The molecule has 1 aromatic heterocycles. The molecule has 0 aliphatic heterocycles. The van der Waals surface area contributed by atoms with Crippen molar-refractivity contribution in [2.24, 2.45) is 0 Å². The number of benzene rings is 1. The van der Waals surface area contributed by atoms with Gasteiger partial charge in [-0.2, -0.15) is 0 Å². The number of rotatable bonds is 4. The number of aromatic nitrogens is 1. The summed E-state index contributed by atoms with van der Waals surface area (Å²) in [5.41, 5.74) is 0.730. The lowest BCUT2D eigenvalue weighted by molar-refractivity contribution is 0.102. The summed E-state index contributed by atoms with van der Waals surface area (Å²) in [5, 5.41) is 2.60. The minimum atomic E-state index is -0.519. The lowest BCUT2D eigenvalue weighted by atomic mass is 10.2. The van der Waals surface area contributed by atoms with Crippen molar-refractivity contribution < 1.29 is 13.9 Å². The van der Waals surface area contributed by atoms with Crippen LogP contribution in [0.5, 0.6) is 5.75 Å². The first-order chi connectivity index (χ1) is 9.61. The number of pyridine rings is 1. The van der Waals surface area contributed by atoms with Crippen LogP contribution < -0.4 is 10.1 Å². The summed E-state index contributed by atoms with van der Waals surface area (Å²) >= 11 is 3.19. The number of anilines is 1. The summed E-state index contributed by atoms with van der Waals surface area (Å²) in [6, 6.07) is 7.55. The van der Waals surface area contributed by atoms with E-state index >= 15 is 0 Å². The number of amides is 1. The van der Waals surface area contributed by atoms with Gasteiger partial charge in [-0.25, -0.2) is 9.37 Å². The Bertz CT molecular complexity index is 634. The van der Waals surface area contributed by atoms with E-state index in [1.165, 1.54) is 12.1 Å². The van der Waals surface area contributed by atoms with Gasteiger partial charge in [0.2, 0.25) is 0 Å². The van der Waals surface area contributed by atoms with Crippen molar-refractivity contribution in [1.29, 1.82) is 0 Å². The summed E-state index contributed by atoms with van der Waals surface area (Å²) in [4.78, 5) is 16.0. The van der Waals surface area contributed by atoms with Crippen molar-refractivity contribution in [3.8, 4) is 5.75 Å². The SMILES string of the molecule is CCOc1ccc(NC(=O)c2cccnc2Br)cc1F. The second-order valence-corrected chi connectivity index (χ2v) is 4.63. The first-order valence-electron chi connectivity index (χ1n) is 5.96. The fourth-order valence-corrected chi connectivity index (χ4v) is 2.04. The minimum absolute atomic E-state index is 0.160. The largest absolute Gasteiger partial charge is 0.491 e. The lowest BCUT2D eigenvalue weighted by Gasteiger charge is -2.09. The van der Waals surface area contributed by atoms with E-state index in [0.717, 1.165) is 0 Å². The normalized spacial score (nSPS) is 10.2. The highest BCUT2D eigenvalue weighted by atomic mass is 79.9. The van der Waals surface area contributed by atoms with E-state index in [-0.39, 0.29) is 11.7 Å². The quantitative estimate of drug-likeness (QED) is 0.866. The van der Waals surface area contributed by atoms with Crippen LogP contribution in [0.25, 0.3) is 0 Å². The molecule has 4 nitrogen and oxygen atoms in total. The fourth-order valence-electron chi connectivity index (χ4n) is 1.60. The van der Waals surface area contributed by atoms with Gasteiger partial charge in [0, 0.05) is 18.0 Å². The minimum Gasteiger partial charge on any atom is -0.491 e.